The highest BCUT2D eigenvalue weighted by molar-refractivity contribution is 5.61. The third-order valence-electron chi connectivity index (χ3n) is 1.45. The maximum atomic E-state index is 9.20. The van der Waals surface area contributed by atoms with Crippen molar-refractivity contribution in [3.8, 4) is 36.2 Å². The number of hydrogen-bond donors (Lipinski definition) is 2. The zero-order chi connectivity index (χ0) is 9.14. The standard InChI is InChI=1S/C10H6O2/c1-3-7-8(4-2)10(12)6-5-9(7)11/h1-2,5-6,11-12H. The first-order chi connectivity index (χ1) is 5.70. The number of rotatable bonds is 0. The van der Waals surface area contributed by atoms with Gasteiger partial charge in [0.15, 0.2) is 0 Å². The lowest BCUT2D eigenvalue weighted by atomic mass is 10.1. The van der Waals surface area contributed by atoms with E-state index in [-0.39, 0.29) is 22.6 Å². The first kappa shape index (κ1) is 8.04. The minimum Gasteiger partial charge on any atom is -0.507 e. The highest BCUT2D eigenvalue weighted by atomic mass is 16.3. The molecule has 1 aromatic rings. The van der Waals surface area contributed by atoms with Gasteiger partial charge in [0, 0.05) is 0 Å². The van der Waals surface area contributed by atoms with E-state index in [4.69, 9.17) is 12.8 Å². The summed E-state index contributed by atoms with van der Waals surface area (Å²) in [6.07, 6.45) is 10.2. The van der Waals surface area contributed by atoms with Crippen LogP contribution >= 0.6 is 0 Å². The molecule has 0 unspecified atom stereocenters. The van der Waals surface area contributed by atoms with Crippen molar-refractivity contribution in [1.29, 1.82) is 0 Å². The van der Waals surface area contributed by atoms with Crippen molar-refractivity contribution in [1.82, 2.24) is 0 Å². The number of terminal acetylenes is 2. The summed E-state index contributed by atoms with van der Waals surface area (Å²) in [5.74, 6) is 4.22. The molecular formula is C10H6O2. The molecule has 2 heteroatoms. The molecule has 12 heavy (non-hydrogen) atoms. The number of aromatic hydroxyl groups is 2. The predicted octanol–water partition coefficient (Wildman–Crippen LogP) is 1.06. The van der Waals surface area contributed by atoms with Gasteiger partial charge in [-0.1, -0.05) is 11.8 Å². The summed E-state index contributed by atoms with van der Waals surface area (Å²) < 4.78 is 0. The molecule has 0 heterocycles. The Hall–Kier alpha value is -2.06. The van der Waals surface area contributed by atoms with E-state index in [1.807, 2.05) is 0 Å². The van der Waals surface area contributed by atoms with Crippen LogP contribution in [-0.2, 0) is 0 Å². The van der Waals surface area contributed by atoms with Crippen molar-refractivity contribution in [2.45, 2.75) is 0 Å². The van der Waals surface area contributed by atoms with Gasteiger partial charge >= 0.3 is 0 Å². The topological polar surface area (TPSA) is 40.5 Å². The van der Waals surface area contributed by atoms with Crippen molar-refractivity contribution in [3.63, 3.8) is 0 Å². The Morgan fingerprint density at radius 2 is 1.25 bits per heavy atom. The Bertz CT molecular complexity index is 353. The first-order valence-corrected chi connectivity index (χ1v) is 3.19. The first-order valence-electron chi connectivity index (χ1n) is 3.19. The largest absolute Gasteiger partial charge is 0.507 e. The van der Waals surface area contributed by atoms with Crippen LogP contribution in [0.5, 0.6) is 11.5 Å². The Labute approximate surface area is 70.5 Å². The van der Waals surface area contributed by atoms with Crippen LogP contribution in [0.1, 0.15) is 11.1 Å². The summed E-state index contributed by atoms with van der Waals surface area (Å²) in [6, 6.07) is 2.59. The molecule has 1 aromatic carbocycles. The molecule has 0 amide bonds. The van der Waals surface area contributed by atoms with Crippen LogP contribution in [0, 0.1) is 24.7 Å². The van der Waals surface area contributed by atoms with E-state index in [9.17, 15) is 10.2 Å². The van der Waals surface area contributed by atoms with E-state index in [0.29, 0.717) is 0 Å². The molecule has 2 nitrogen and oxygen atoms in total. The zero-order valence-electron chi connectivity index (χ0n) is 6.20. The van der Waals surface area contributed by atoms with Crippen LogP contribution in [0.15, 0.2) is 12.1 Å². The minimum absolute atomic E-state index is 0.0942. The maximum Gasteiger partial charge on any atom is 0.132 e. The van der Waals surface area contributed by atoms with Crippen LogP contribution in [0.25, 0.3) is 0 Å². The van der Waals surface area contributed by atoms with Crippen LogP contribution in [0.2, 0.25) is 0 Å². The third-order valence-corrected chi connectivity index (χ3v) is 1.45. The molecule has 2 N–H and O–H groups in total. The molecule has 0 spiro atoms. The normalized spacial score (nSPS) is 8.50. The molecule has 0 aromatic heterocycles. The molecule has 0 saturated heterocycles. The second-order valence-corrected chi connectivity index (χ2v) is 2.14. The highest BCUT2D eigenvalue weighted by Crippen LogP contribution is 2.26. The molecule has 58 valence electrons. The van der Waals surface area contributed by atoms with Gasteiger partial charge in [-0.3, -0.25) is 0 Å². The van der Waals surface area contributed by atoms with Gasteiger partial charge in [-0.15, -0.1) is 12.8 Å². The van der Waals surface area contributed by atoms with Crippen LogP contribution in [0.4, 0.5) is 0 Å². The molecule has 0 bridgehead atoms. The second-order valence-electron chi connectivity index (χ2n) is 2.14. The second kappa shape index (κ2) is 2.90. The number of benzene rings is 1. The van der Waals surface area contributed by atoms with Gasteiger partial charge in [-0.25, -0.2) is 0 Å². The number of phenols is 2. The van der Waals surface area contributed by atoms with Crippen LogP contribution < -0.4 is 0 Å². The van der Waals surface area contributed by atoms with Crippen molar-refractivity contribution in [2.24, 2.45) is 0 Å². The van der Waals surface area contributed by atoms with E-state index in [1.165, 1.54) is 12.1 Å². The fourth-order valence-electron chi connectivity index (χ4n) is 0.873. The van der Waals surface area contributed by atoms with Crippen molar-refractivity contribution in [3.05, 3.63) is 23.3 Å². The number of phenolic OH excluding ortho intramolecular Hbond substituents is 2. The third kappa shape index (κ3) is 1.07. The Morgan fingerprint density at radius 1 is 0.917 bits per heavy atom. The summed E-state index contributed by atoms with van der Waals surface area (Å²) in [5, 5.41) is 18.4. The van der Waals surface area contributed by atoms with Crippen molar-refractivity contribution < 1.29 is 10.2 Å². The van der Waals surface area contributed by atoms with E-state index in [2.05, 4.69) is 11.8 Å². The maximum absolute atomic E-state index is 9.20. The van der Waals surface area contributed by atoms with E-state index < -0.39 is 0 Å². The fraction of sp³-hybridized carbons (Fsp3) is 0. The lowest BCUT2D eigenvalue weighted by molar-refractivity contribution is 0.457. The van der Waals surface area contributed by atoms with E-state index >= 15 is 0 Å². The van der Waals surface area contributed by atoms with E-state index in [1.54, 1.807) is 0 Å². The molecule has 0 atom stereocenters. The molecule has 0 aliphatic heterocycles. The monoisotopic (exact) mass is 158 g/mol. The summed E-state index contributed by atoms with van der Waals surface area (Å²) in [6.45, 7) is 0. The SMILES string of the molecule is C#Cc1c(O)ccc(O)c1C#C. The molecule has 0 saturated carbocycles. The quantitative estimate of drug-likeness (QED) is 0.438. The van der Waals surface area contributed by atoms with Crippen molar-refractivity contribution in [2.75, 3.05) is 0 Å². The number of hydrogen-bond acceptors (Lipinski definition) is 2. The van der Waals surface area contributed by atoms with Crippen LogP contribution in [0.3, 0.4) is 0 Å². The van der Waals surface area contributed by atoms with Crippen molar-refractivity contribution >= 4 is 0 Å². The minimum atomic E-state index is -0.0942. The Kier molecular flexibility index (Phi) is 1.94. The van der Waals surface area contributed by atoms with Gasteiger partial charge in [-0.05, 0) is 12.1 Å². The molecular weight excluding hydrogens is 152 g/mol. The molecule has 0 radical (unpaired) electrons. The molecule has 0 aliphatic carbocycles. The van der Waals surface area contributed by atoms with Gasteiger partial charge in [-0.2, -0.15) is 0 Å². The zero-order valence-corrected chi connectivity index (χ0v) is 6.20. The summed E-state index contributed by atoms with van der Waals surface area (Å²) in [4.78, 5) is 0. The summed E-state index contributed by atoms with van der Waals surface area (Å²) >= 11 is 0. The Balaban J connectivity index is 3.55. The van der Waals surface area contributed by atoms with Gasteiger partial charge in [0.1, 0.15) is 11.5 Å². The average Bonchev–Trinajstić information content (AvgIpc) is 2.08. The molecule has 0 aliphatic rings. The van der Waals surface area contributed by atoms with Gasteiger partial charge in [0.2, 0.25) is 0 Å². The van der Waals surface area contributed by atoms with Gasteiger partial charge in [0.05, 0.1) is 11.1 Å². The smallest absolute Gasteiger partial charge is 0.132 e. The summed E-state index contributed by atoms with van der Waals surface area (Å²) in [5.41, 5.74) is 0.301. The Morgan fingerprint density at radius 3 is 1.50 bits per heavy atom. The summed E-state index contributed by atoms with van der Waals surface area (Å²) in [7, 11) is 0. The lowest BCUT2D eigenvalue weighted by Crippen LogP contribution is -1.84. The predicted molar refractivity (Wildman–Crippen MR) is 45.6 cm³/mol. The lowest BCUT2D eigenvalue weighted by Gasteiger charge is -2.01. The van der Waals surface area contributed by atoms with E-state index in [0.717, 1.165) is 0 Å². The highest BCUT2D eigenvalue weighted by Gasteiger charge is 2.07. The van der Waals surface area contributed by atoms with Gasteiger partial charge < -0.3 is 10.2 Å². The van der Waals surface area contributed by atoms with Crippen LogP contribution in [-0.4, -0.2) is 10.2 Å². The molecule has 0 fully saturated rings. The fourth-order valence-corrected chi connectivity index (χ4v) is 0.873. The average molecular weight is 158 g/mol. The van der Waals surface area contributed by atoms with Gasteiger partial charge in [0.25, 0.3) is 0 Å². The molecule has 1 rings (SSSR count).